The molecule has 1 aromatic carbocycles. The van der Waals surface area contributed by atoms with Crippen molar-refractivity contribution in [2.24, 2.45) is 0 Å². The molecule has 0 aliphatic carbocycles. The van der Waals surface area contributed by atoms with Gasteiger partial charge in [0.2, 0.25) is 11.7 Å². The molecule has 0 saturated heterocycles. The number of anilines is 1. The molecule has 0 fully saturated rings. The Morgan fingerprint density at radius 2 is 1.93 bits per heavy atom. The van der Waals surface area contributed by atoms with Crippen molar-refractivity contribution in [1.29, 1.82) is 0 Å². The van der Waals surface area contributed by atoms with Crippen molar-refractivity contribution in [3.05, 3.63) is 41.7 Å². The summed E-state index contributed by atoms with van der Waals surface area (Å²) in [5, 5.41) is 6.19. The Morgan fingerprint density at radius 3 is 2.52 bits per heavy atom. The van der Waals surface area contributed by atoms with Crippen LogP contribution in [-0.2, 0) is 14.3 Å². The number of nitrogens with zero attached hydrogens (tertiary/aromatic N) is 1. The number of carbonyl (C=O) groups excluding carboxylic acids is 3. The number of ether oxygens (including phenoxy) is 2. The standard InChI is InChI=1S/C18H20N2O6S/c1-11-8-15(20-26-11)19-16(21)9-27-10-17(22)25-12(2)18(23)13-4-6-14(24-3)7-5-13/h4-8,12H,9-10H2,1-3H3,(H,19,20,21). The average Bonchev–Trinajstić information content (AvgIpc) is 3.05. The molecule has 0 saturated carbocycles. The summed E-state index contributed by atoms with van der Waals surface area (Å²) in [4.78, 5) is 35.9. The highest BCUT2D eigenvalue weighted by Crippen LogP contribution is 2.14. The van der Waals surface area contributed by atoms with Crippen LogP contribution in [0.5, 0.6) is 5.75 Å². The molecule has 0 spiro atoms. The van der Waals surface area contributed by atoms with Crippen LogP contribution in [0.3, 0.4) is 0 Å². The lowest BCUT2D eigenvalue weighted by Gasteiger charge is -2.12. The van der Waals surface area contributed by atoms with E-state index in [4.69, 9.17) is 14.0 Å². The predicted molar refractivity (Wildman–Crippen MR) is 100 cm³/mol. The lowest BCUT2D eigenvalue weighted by molar-refractivity contribution is -0.143. The Balaban J connectivity index is 1.72. The van der Waals surface area contributed by atoms with Crippen molar-refractivity contribution in [3.8, 4) is 5.75 Å². The van der Waals surface area contributed by atoms with E-state index in [1.54, 1.807) is 37.3 Å². The zero-order valence-electron chi connectivity index (χ0n) is 15.2. The molecule has 0 aliphatic rings. The first-order chi connectivity index (χ1) is 12.9. The molecule has 27 heavy (non-hydrogen) atoms. The Hall–Kier alpha value is -2.81. The topological polar surface area (TPSA) is 108 Å². The number of ketones is 1. The fourth-order valence-electron chi connectivity index (χ4n) is 2.11. The Bertz CT molecular complexity index is 802. The number of rotatable bonds is 9. The van der Waals surface area contributed by atoms with E-state index in [2.05, 4.69) is 10.5 Å². The number of benzene rings is 1. The Labute approximate surface area is 160 Å². The molecule has 0 aliphatic heterocycles. The number of hydrogen-bond donors (Lipinski definition) is 1. The second-order valence-electron chi connectivity index (χ2n) is 5.59. The van der Waals surface area contributed by atoms with Gasteiger partial charge in [-0.15, -0.1) is 11.8 Å². The van der Waals surface area contributed by atoms with Crippen molar-refractivity contribution in [3.63, 3.8) is 0 Å². The van der Waals surface area contributed by atoms with E-state index in [-0.39, 0.29) is 23.2 Å². The Morgan fingerprint density at radius 1 is 1.22 bits per heavy atom. The molecule has 2 rings (SSSR count). The molecule has 1 unspecified atom stereocenters. The quantitative estimate of drug-likeness (QED) is 0.512. The van der Waals surface area contributed by atoms with Gasteiger partial charge in [0.25, 0.3) is 0 Å². The van der Waals surface area contributed by atoms with E-state index in [1.165, 1.54) is 14.0 Å². The monoisotopic (exact) mass is 392 g/mol. The minimum atomic E-state index is -0.918. The van der Waals surface area contributed by atoms with Gasteiger partial charge in [-0.2, -0.15) is 0 Å². The normalized spacial score (nSPS) is 11.5. The molecule has 1 atom stereocenters. The Kier molecular flexibility index (Phi) is 7.42. The number of carbonyl (C=O) groups is 3. The van der Waals surface area contributed by atoms with Crippen LogP contribution in [0.15, 0.2) is 34.9 Å². The van der Waals surface area contributed by atoms with Gasteiger partial charge in [-0.25, -0.2) is 0 Å². The molecule has 1 amide bonds. The van der Waals surface area contributed by atoms with Crippen LogP contribution >= 0.6 is 11.8 Å². The van der Waals surface area contributed by atoms with Crippen LogP contribution in [0.1, 0.15) is 23.0 Å². The van der Waals surface area contributed by atoms with Crippen LogP contribution in [0, 0.1) is 6.92 Å². The summed E-state index contributed by atoms with van der Waals surface area (Å²) in [6.07, 6.45) is -0.918. The molecule has 8 nitrogen and oxygen atoms in total. The third-order valence-corrected chi connectivity index (χ3v) is 4.31. The maximum absolute atomic E-state index is 12.3. The van der Waals surface area contributed by atoms with E-state index in [0.29, 0.717) is 22.9 Å². The molecular formula is C18H20N2O6S. The van der Waals surface area contributed by atoms with Crippen LogP contribution in [-0.4, -0.2) is 47.5 Å². The van der Waals surface area contributed by atoms with E-state index < -0.39 is 12.1 Å². The number of aryl methyl sites for hydroxylation is 1. The molecule has 9 heteroatoms. The number of aromatic nitrogens is 1. The first kappa shape index (κ1) is 20.5. The van der Waals surface area contributed by atoms with Crippen molar-refractivity contribution in [1.82, 2.24) is 5.16 Å². The molecule has 0 bridgehead atoms. The maximum atomic E-state index is 12.3. The maximum Gasteiger partial charge on any atom is 0.316 e. The highest BCUT2D eigenvalue weighted by molar-refractivity contribution is 8.00. The molecular weight excluding hydrogens is 372 g/mol. The van der Waals surface area contributed by atoms with Gasteiger partial charge in [0.1, 0.15) is 11.5 Å². The van der Waals surface area contributed by atoms with Gasteiger partial charge in [-0.3, -0.25) is 14.4 Å². The fraction of sp³-hybridized carbons (Fsp3) is 0.333. The third-order valence-electron chi connectivity index (χ3n) is 3.40. The van der Waals surface area contributed by atoms with Crippen LogP contribution < -0.4 is 10.1 Å². The lowest BCUT2D eigenvalue weighted by atomic mass is 10.1. The highest BCUT2D eigenvalue weighted by Gasteiger charge is 2.20. The SMILES string of the molecule is COc1ccc(C(=O)C(C)OC(=O)CSCC(=O)Nc2cc(C)on2)cc1. The minimum absolute atomic E-state index is 0.0435. The number of esters is 1. The fourth-order valence-corrected chi connectivity index (χ4v) is 2.70. The number of hydrogen-bond acceptors (Lipinski definition) is 8. The van der Waals surface area contributed by atoms with Crippen molar-refractivity contribution >= 4 is 35.2 Å². The van der Waals surface area contributed by atoms with E-state index in [9.17, 15) is 14.4 Å². The van der Waals surface area contributed by atoms with Crippen LogP contribution in [0.25, 0.3) is 0 Å². The van der Waals surface area contributed by atoms with Crippen molar-refractivity contribution in [2.75, 3.05) is 23.9 Å². The minimum Gasteiger partial charge on any atom is -0.497 e. The van der Waals surface area contributed by atoms with Gasteiger partial charge in [0, 0.05) is 11.6 Å². The van der Waals surface area contributed by atoms with Gasteiger partial charge < -0.3 is 19.3 Å². The number of methoxy groups -OCH3 is 1. The number of amides is 1. The first-order valence-electron chi connectivity index (χ1n) is 8.07. The molecule has 1 N–H and O–H groups in total. The van der Waals surface area contributed by atoms with Crippen molar-refractivity contribution in [2.45, 2.75) is 20.0 Å². The molecule has 2 aromatic rings. The number of Topliss-reactive ketones (excluding diaryl/α,β-unsaturated/α-hetero) is 1. The second-order valence-corrected chi connectivity index (χ2v) is 6.57. The summed E-state index contributed by atoms with van der Waals surface area (Å²) < 4.78 is 15.0. The highest BCUT2D eigenvalue weighted by atomic mass is 32.2. The largest absolute Gasteiger partial charge is 0.497 e. The number of nitrogens with one attached hydrogen (secondary N) is 1. The molecule has 144 valence electrons. The second kappa shape index (κ2) is 9.77. The van der Waals surface area contributed by atoms with Gasteiger partial charge in [0.15, 0.2) is 11.9 Å². The summed E-state index contributed by atoms with van der Waals surface area (Å²) in [6, 6.07) is 8.12. The average molecular weight is 392 g/mol. The third kappa shape index (κ3) is 6.45. The van der Waals surface area contributed by atoms with Gasteiger partial charge in [-0.1, -0.05) is 5.16 Å². The van der Waals surface area contributed by atoms with Crippen LogP contribution in [0.4, 0.5) is 5.82 Å². The first-order valence-corrected chi connectivity index (χ1v) is 9.23. The van der Waals surface area contributed by atoms with Gasteiger partial charge in [-0.05, 0) is 38.1 Å². The zero-order valence-corrected chi connectivity index (χ0v) is 16.0. The van der Waals surface area contributed by atoms with E-state index in [1.807, 2.05) is 0 Å². The van der Waals surface area contributed by atoms with Gasteiger partial charge in [0.05, 0.1) is 18.6 Å². The van der Waals surface area contributed by atoms with Gasteiger partial charge >= 0.3 is 5.97 Å². The number of thioether (sulfide) groups is 1. The van der Waals surface area contributed by atoms with Crippen molar-refractivity contribution < 1.29 is 28.4 Å². The molecule has 1 aromatic heterocycles. The summed E-state index contributed by atoms with van der Waals surface area (Å²) in [5.74, 6) is 0.328. The zero-order chi connectivity index (χ0) is 19.8. The van der Waals surface area contributed by atoms with Crippen LogP contribution in [0.2, 0.25) is 0 Å². The smallest absolute Gasteiger partial charge is 0.316 e. The van der Waals surface area contributed by atoms with E-state index >= 15 is 0 Å². The summed E-state index contributed by atoms with van der Waals surface area (Å²) in [5.41, 5.74) is 0.422. The summed E-state index contributed by atoms with van der Waals surface area (Å²) in [6.45, 7) is 3.22. The molecule has 0 radical (unpaired) electrons. The molecule has 1 heterocycles. The van der Waals surface area contributed by atoms with E-state index in [0.717, 1.165) is 11.8 Å². The lowest BCUT2D eigenvalue weighted by Crippen LogP contribution is -2.25. The summed E-state index contributed by atoms with van der Waals surface area (Å²) in [7, 11) is 1.53. The predicted octanol–water partition coefficient (Wildman–Crippen LogP) is 2.48. The summed E-state index contributed by atoms with van der Waals surface area (Å²) >= 11 is 1.08.